The molecule has 31 heavy (non-hydrogen) atoms. The molecular weight excluding hydrogens is 449 g/mol. The summed E-state index contributed by atoms with van der Waals surface area (Å²) in [7, 11) is 3.93. The lowest BCUT2D eigenvalue weighted by Gasteiger charge is -2.20. The van der Waals surface area contributed by atoms with Crippen LogP contribution in [0.4, 0.5) is 13.2 Å². The van der Waals surface area contributed by atoms with Gasteiger partial charge in [-0.25, -0.2) is 0 Å². The Hall–Kier alpha value is -2.23. The van der Waals surface area contributed by atoms with Gasteiger partial charge in [-0.2, -0.15) is 13.2 Å². The van der Waals surface area contributed by atoms with Crippen molar-refractivity contribution in [3.63, 3.8) is 0 Å². The summed E-state index contributed by atoms with van der Waals surface area (Å²) in [4.78, 5) is 2.03. The Bertz CT molecular complexity index is 1010. The van der Waals surface area contributed by atoms with Crippen LogP contribution in [0.3, 0.4) is 0 Å². The Balaban J connectivity index is 1.83. The SMILES string of the molecule is CC(c1nnc(SCc2cccc(OCC(F)(F)F)c2)n1-c1ccc(Cl)cc1)N(C)C. The molecule has 0 aliphatic rings. The van der Waals surface area contributed by atoms with Crippen LogP contribution in [0.1, 0.15) is 24.4 Å². The lowest BCUT2D eigenvalue weighted by Crippen LogP contribution is -2.20. The highest BCUT2D eigenvalue weighted by Crippen LogP contribution is 2.30. The fourth-order valence-electron chi connectivity index (χ4n) is 2.75. The van der Waals surface area contributed by atoms with Gasteiger partial charge in [-0.05, 0) is 63.0 Å². The van der Waals surface area contributed by atoms with Gasteiger partial charge in [0.05, 0.1) is 6.04 Å². The molecule has 2 aromatic carbocycles. The molecule has 3 aromatic rings. The highest BCUT2D eigenvalue weighted by molar-refractivity contribution is 7.98. The summed E-state index contributed by atoms with van der Waals surface area (Å²) in [5.74, 6) is 1.44. The summed E-state index contributed by atoms with van der Waals surface area (Å²) in [6.45, 7) is 0.715. The smallest absolute Gasteiger partial charge is 0.422 e. The zero-order valence-corrected chi connectivity index (χ0v) is 18.8. The monoisotopic (exact) mass is 470 g/mol. The molecule has 0 saturated heterocycles. The average Bonchev–Trinajstić information content (AvgIpc) is 3.14. The van der Waals surface area contributed by atoms with Crippen molar-refractivity contribution in [1.82, 2.24) is 19.7 Å². The zero-order chi connectivity index (χ0) is 22.6. The molecule has 1 aromatic heterocycles. The molecule has 166 valence electrons. The van der Waals surface area contributed by atoms with Crippen molar-refractivity contribution >= 4 is 23.4 Å². The van der Waals surface area contributed by atoms with Gasteiger partial charge in [0.1, 0.15) is 5.75 Å². The minimum Gasteiger partial charge on any atom is -0.484 e. The average molecular weight is 471 g/mol. The van der Waals surface area contributed by atoms with Crippen LogP contribution in [-0.4, -0.2) is 46.5 Å². The first-order chi connectivity index (χ1) is 14.6. The van der Waals surface area contributed by atoms with E-state index in [4.69, 9.17) is 16.3 Å². The first kappa shape index (κ1) is 23.4. The van der Waals surface area contributed by atoms with Crippen LogP contribution in [0.5, 0.6) is 5.75 Å². The molecule has 0 fully saturated rings. The summed E-state index contributed by atoms with van der Waals surface area (Å²) in [5.41, 5.74) is 1.69. The third kappa shape index (κ3) is 6.38. The van der Waals surface area contributed by atoms with E-state index in [1.807, 2.05) is 48.7 Å². The zero-order valence-electron chi connectivity index (χ0n) is 17.2. The van der Waals surface area contributed by atoms with Crippen molar-refractivity contribution in [2.75, 3.05) is 20.7 Å². The van der Waals surface area contributed by atoms with E-state index >= 15 is 0 Å². The van der Waals surface area contributed by atoms with E-state index in [1.165, 1.54) is 17.8 Å². The quantitative estimate of drug-likeness (QED) is 0.390. The standard InChI is InChI=1S/C21H22ClF3N4OS/c1-14(28(2)3)19-26-27-20(29(19)17-9-7-16(22)8-10-17)31-12-15-5-4-6-18(11-15)30-13-21(23,24)25/h4-11,14H,12-13H2,1-3H3. The van der Waals surface area contributed by atoms with Crippen molar-refractivity contribution in [3.05, 3.63) is 64.9 Å². The number of benzene rings is 2. The predicted octanol–water partition coefficient (Wildman–Crippen LogP) is 5.78. The summed E-state index contributed by atoms with van der Waals surface area (Å²) in [6.07, 6.45) is -4.38. The van der Waals surface area contributed by atoms with Crippen molar-refractivity contribution in [1.29, 1.82) is 0 Å². The molecule has 0 aliphatic carbocycles. The third-order valence-electron chi connectivity index (χ3n) is 4.56. The number of hydrogen-bond donors (Lipinski definition) is 0. The van der Waals surface area contributed by atoms with Gasteiger partial charge in [-0.15, -0.1) is 10.2 Å². The van der Waals surface area contributed by atoms with E-state index in [9.17, 15) is 13.2 Å². The Morgan fingerprint density at radius 1 is 1.13 bits per heavy atom. The minimum absolute atomic E-state index is 0.0108. The summed E-state index contributed by atoms with van der Waals surface area (Å²) < 4.78 is 44.0. The van der Waals surface area contributed by atoms with Gasteiger partial charge in [-0.3, -0.25) is 9.47 Å². The van der Waals surface area contributed by atoms with E-state index in [0.717, 1.165) is 17.1 Å². The van der Waals surface area contributed by atoms with Crippen LogP contribution in [0.2, 0.25) is 5.02 Å². The lowest BCUT2D eigenvalue weighted by molar-refractivity contribution is -0.153. The van der Waals surface area contributed by atoms with Gasteiger partial charge in [0.2, 0.25) is 0 Å². The van der Waals surface area contributed by atoms with Gasteiger partial charge < -0.3 is 4.74 Å². The predicted molar refractivity (Wildman–Crippen MR) is 116 cm³/mol. The number of aromatic nitrogens is 3. The molecule has 10 heteroatoms. The maximum atomic E-state index is 12.4. The minimum atomic E-state index is -4.38. The first-order valence-electron chi connectivity index (χ1n) is 9.43. The van der Waals surface area contributed by atoms with E-state index in [-0.39, 0.29) is 11.8 Å². The van der Waals surface area contributed by atoms with Crippen LogP contribution in [-0.2, 0) is 5.75 Å². The Kier molecular flexibility index (Phi) is 7.51. The van der Waals surface area contributed by atoms with Crippen LogP contribution in [0, 0.1) is 0 Å². The molecule has 0 aliphatic heterocycles. The number of alkyl halides is 3. The molecule has 0 amide bonds. The number of nitrogens with zero attached hydrogens (tertiary/aromatic N) is 4. The molecule has 0 saturated carbocycles. The van der Waals surface area contributed by atoms with Crippen LogP contribution in [0.25, 0.3) is 5.69 Å². The van der Waals surface area contributed by atoms with E-state index in [1.54, 1.807) is 24.3 Å². The molecule has 1 unspecified atom stereocenters. The van der Waals surface area contributed by atoms with Crippen LogP contribution < -0.4 is 4.74 Å². The van der Waals surface area contributed by atoms with Crippen molar-refractivity contribution < 1.29 is 17.9 Å². The van der Waals surface area contributed by atoms with Crippen LogP contribution >= 0.6 is 23.4 Å². The largest absolute Gasteiger partial charge is 0.484 e. The lowest BCUT2D eigenvalue weighted by atomic mass is 10.2. The molecule has 3 rings (SSSR count). The summed E-state index contributed by atoms with van der Waals surface area (Å²) in [6, 6.07) is 14.0. The van der Waals surface area contributed by atoms with Gasteiger partial charge in [0.25, 0.3) is 0 Å². The molecule has 5 nitrogen and oxygen atoms in total. The molecule has 1 heterocycles. The Morgan fingerprint density at radius 3 is 2.48 bits per heavy atom. The number of hydrogen-bond acceptors (Lipinski definition) is 5. The van der Waals surface area contributed by atoms with E-state index in [0.29, 0.717) is 15.9 Å². The highest BCUT2D eigenvalue weighted by atomic mass is 35.5. The van der Waals surface area contributed by atoms with Gasteiger partial charge in [0, 0.05) is 16.5 Å². The van der Waals surface area contributed by atoms with Crippen molar-refractivity contribution in [3.8, 4) is 11.4 Å². The number of halogens is 4. The maximum absolute atomic E-state index is 12.4. The van der Waals surface area contributed by atoms with E-state index < -0.39 is 12.8 Å². The normalized spacial score (nSPS) is 12.9. The molecule has 0 radical (unpaired) electrons. The van der Waals surface area contributed by atoms with Crippen molar-refractivity contribution in [2.45, 2.75) is 30.1 Å². The molecular formula is C21H22ClF3N4OS. The second-order valence-corrected chi connectivity index (χ2v) is 8.51. The topological polar surface area (TPSA) is 43.2 Å². The molecule has 0 N–H and O–H groups in total. The highest BCUT2D eigenvalue weighted by Gasteiger charge is 2.28. The summed E-state index contributed by atoms with van der Waals surface area (Å²) in [5, 5.41) is 10.1. The van der Waals surface area contributed by atoms with Crippen LogP contribution in [0.15, 0.2) is 53.7 Å². The maximum Gasteiger partial charge on any atom is 0.422 e. The number of ether oxygens (including phenoxy) is 1. The molecule has 0 bridgehead atoms. The Morgan fingerprint density at radius 2 is 1.84 bits per heavy atom. The fraction of sp³-hybridized carbons (Fsp3) is 0.333. The van der Waals surface area contributed by atoms with Gasteiger partial charge >= 0.3 is 6.18 Å². The summed E-state index contributed by atoms with van der Waals surface area (Å²) >= 11 is 7.48. The van der Waals surface area contributed by atoms with Gasteiger partial charge in [-0.1, -0.05) is 35.5 Å². The van der Waals surface area contributed by atoms with Gasteiger partial charge in [0.15, 0.2) is 17.6 Å². The number of thioether (sulfide) groups is 1. The first-order valence-corrected chi connectivity index (χ1v) is 10.8. The molecule has 1 atom stereocenters. The number of rotatable bonds is 8. The second kappa shape index (κ2) is 9.93. The van der Waals surface area contributed by atoms with E-state index in [2.05, 4.69) is 10.2 Å². The second-order valence-electron chi connectivity index (χ2n) is 7.13. The van der Waals surface area contributed by atoms with Crippen molar-refractivity contribution in [2.24, 2.45) is 0 Å². The Labute approximate surface area is 188 Å². The third-order valence-corrected chi connectivity index (χ3v) is 5.81. The fourth-order valence-corrected chi connectivity index (χ4v) is 3.78. The molecule has 0 spiro atoms.